The summed E-state index contributed by atoms with van der Waals surface area (Å²) in [4.78, 5) is 76.4. The second-order valence-corrected chi connectivity index (χ2v) is 16.7. The van der Waals surface area contributed by atoms with Gasteiger partial charge in [-0.15, -0.1) is 0 Å². The topological polar surface area (TPSA) is 200 Å². The minimum atomic E-state index is -0.952. The molecule has 0 aliphatic rings. The highest BCUT2D eigenvalue weighted by Crippen LogP contribution is 2.26. The zero-order chi connectivity index (χ0) is 51.3. The van der Waals surface area contributed by atoms with Gasteiger partial charge in [-0.1, -0.05) is 97.1 Å². The van der Waals surface area contributed by atoms with E-state index in [9.17, 15) is 33.6 Å². The van der Waals surface area contributed by atoms with E-state index in [1.54, 1.807) is 48.6 Å². The molecule has 0 fully saturated rings. The summed E-state index contributed by atoms with van der Waals surface area (Å²) in [5, 5.41) is 17.0. The van der Waals surface area contributed by atoms with Gasteiger partial charge in [0.1, 0.15) is 6.29 Å². The van der Waals surface area contributed by atoms with Crippen LogP contribution in [-0.4, -0.2) is 72.8 Å². The van der Waals surface area contributed by atoms with Crippen molar-refractivity contribution in [1.29, 1.82) is 0 Å². The second-order valence-electron chi connectivity index (χ2n) is 16.7. The minimum Gasteiger partial charge on any atom is -0.478 e. The first-order valence-electron chi connectivity index (χ1n) is 22.0. The Labute approximate surface area is 400 Å². The summed E-state index contributed by atoms with van der Waals surface area (Å²) in [6, 6.07) is 29.4. The first kappa shape index (κ1) is 58.9. The Hall–Kier alpha value is -7.09. The number of carbonyl (C=O) groups excluding carboxylic acids is 6. The summed E-state index contributed by atoms with van der Waals surface area (Å²) in [6.07, 6.45) is 13.2. The van der Waals surface area contributed by atoms with Crippen molar-refractivity contribution in [3.63, 3.8) is 0 Å². The van der Waals surface area contributed by atoms with Gasteiger partial charge < -0.3 is 19.3 Å². The first-order valence-corrected chi connectivity index (χ1v) is 22.0. The van der Waals surface area contributed by atoms with Gasteiger partial charge >= 0.3 is 17.9 Å². The number of aldehydes is 1. The van der Waals surface area contributed by atoms with Crippen LogP contribution in [0.1, 0.15) is 128 Å². The number of carboxylic acid groups (broad SMARTS) is 1. The van der Waals surface area contributed by atoms with Crippen molar-refractivity contribution in [3.8, 4) is 0 Å². The number of hydrogen-bond donors (Lipinski definition) is 3. The molecule has 364 valence electrons. The molecule has 0 aliphatic carbocycles. The van der Waals surface area contributed by atoms with Gasteiger partial charge in [-0.05, 0) is 145 Å². The van der Waals surface area contributed by atoms with E-state index < -0.39 is 22.7 Å². The summed E-state index contributed by atoms with van der Waals surface area (Å²) in [5.74, 6) is -1.91. The largest absolute Gasteiger partial charge is 0.478 e. The van der Waals surface area contributed by atoms with Gasteiger partial charge in [0.05, 0.1) is 36.7 Å². The fraction of sp³-hybridized carbons (Fsp3) is 0.327. The third-order valence-electron chi connectivity index (χ3n) is 10.2. The maximum absolute atomic E-state index is 11.6. The average Bonchev–Trinajstić information content (AvgIpc) is 3.33. The predicted molar refractivity (Wildman–Crippen MR) is 265 cm³/mol. The molecule has 1 atom stereocenters. The van der Waals surface area contributed by atoms with E-state index >= 15 is 0 Å². The number of esters is 2. The Morgan fingerprint density at radius 2 is 0.971 bits per heavy atom. The lowest BCUT2D eigenvalue weighted by Gasteiger charge is -2.21. The highest BCUT2D eigenvalue weighted by atomic mass is 16.5. The number of carbonyl (C=O) groups is 7. The van der Waals surface area contributed by atoms with Crippen LogP contribution in [-0.2, 0) is 51.0 Å². The number of ether oxygens (including phenoxy) is 3. The van der Waals surface area contributed by atoms with E-state index in [4.69, 9.17) is 24.5 Å². The van der Waals surface area contributed by atoms with Crippen LogP contribution in [0.2, 0.25) is 0 Å². The zero-order valence-corrected chi connectivity index (χ0v) is 40.9. The van der Waals surface area contributed by atoms with E-state index in [0.29, 0.717) is 18.6 Å². The van der Waals surface area contributed by atoms with Crippen molar-refractivity contribution in [1.82, 2.24) is 5.48 Å². The van der Waals surface area contributed by atoms with Gasteiger partial charge in [0.25, 0.3) is 5.91 Å². The highest BCUT2D eigenvalue weighted by molar-refractivity contribution is 5.92. The van der Waals surface area contributed by atoms with Gasteiger partial charge in [-0.25, -0.2) is 10.3 Å². The molecule has 1 unspecified atom stereocenters. The molecule has 0 saturated heterocycles. The number of benzene rings is 4. The lowest BCUT2D eigenvalue weighted by molar-refractivity contribution is -0.151. The number of carboxylic acids is 1. The molecule has 0 heterocycles. The van der Waals surface area contributed by atoms with Crippen LogP contribution >= 0.6 is 0 Å². The van der Waals surface area contributed by atoms with Crippen LogP contribution in [0.15, 0.2) is 115 Å². The molecule has 13 heteroatoms. The quantitative estimate of drug-likeness (QED) is 0.0265. The summed E-state index contributed by atoms with van der Waals surface area (Å²) in [6.45, 7) is 15.2. The van der Waals surface area contributed by atoms with Crippen molar-refractivity contribution >= 4 is 59.9 Å². The fourth-order valence-corrected chi connectivity index (χ4v) is 5.83. The molecule has 68 heavy (non-hydrogen) atoms. The molecule has 1 amide bonds. The van der Waals surface area contributed by atoms with Gasteiger partial charge in [0.15, 0.2) is 11.6 Å². The number of hydroxylamine groups is 1. The van der Waals surface area contributed by atoms with E-state index in [1.807, 2.05) is 102 Å². The molecule has 4 rings (SSSR count). The second kappa shape index (κ2) is 31.0. The summed E-state index contributed by atoms with van der Waals surface area (Å²) in [5.41, 5.74) is 7.54. The molecule has 0 saturated carbocycles. The van der Waals surface area contributed by atoms with E-state index in [2.05, 4.69) is 0 Å². The molecule has 0 aromatic heterocycles. The average molecular weight is 934 g/mol. The zero-order valence-electron chi connectivity index (χ0n) is 40.9. The summed E-state index contributed by atoms with van der Waals surface area (Å²) < 4.78 is 15.0. The molecule has 13 nitrogen and oxygen atoms in total. The normalized spacial score (nSPS) is 11.5. The number of nitrogens with one attached hydrogen (secondary N) is 1. The molecule has 4 aromatic carbocycles. The molecule has 4 aromatic rings. The first-order chi connectivity index (χ1) is 32.1. The van der Waals surface area contributed by atoms with Crippen LogP contribution in [0.5, 0.6) is 0 Å². The number of hydrogen-bond acceptors (Lipinski definition) is 11. The third-order valence-corrected chi connectivity index (χ3v) is 10.2. The van der Waals surface area contributed by atoms with Crippen molar-refractivity contribution in [3.05, 3.63) is 160 Å². The molecule has 0 radical (unpaired) electrons. The van der Waals surface area contributed by atoms with Crippen LogP contribution in [0.25, 0.3) is 18.2 Å². The Morgan fingerprint density at radius 3 is 1.29 bits per heavy atom. The Bertz CT molecular complexity index is 2300. The maximum atomic E-state index is 11.6. The number of ketones is 2. The van der Waals surface area contributed by atoms with Gasteiger partial charge in [-0.3, -0.25) is 34.0 Å². The number of allylic oxidation sites excluding steroid dienone is 2. The minimum absolute atomic E-state index is 0.0349. The number of methoxy groups -OCH3 is 2. The molecule has 0 bridgehead atoms. The van der Waals surface area contributed by atoms with Crippen LogP contribution < -0.4 is 5.48 Å². The molecular formula is C55H67NO12. The smallest absolute Gasteiger partial charge is 0.335 e. The van der Waals surface area contributed by atoms with Crippen LogP contribution in [0.4, 0.5) is 0 Å². The van der Waals surface area contributed by atoms with Crippen LogP contribution in [0.3, 0.4) is 0 Å². The molecule has 0 aliphatic heterocycles. The standard InChI is InChI=1S/C17H22O3.C16H21NO4.C11H10O3.C11H14O2/c1-13(18)5-6-14-7-9-15(10-8-14)11-12-17(2,3)16(19)20-4;1-16(2,15(19)21-3)11-10-13-6-4-12(5-7-13)8-9-14(18)17-20;1-8(12)2-3-9-4-6-10(7-5-9)11(13)14;1-3-13-9(2)11-6-4-10(8-12)5-7-11/h5-10H,11-12H2,1-4H3;4-9,20H,10-11H2,1-3H3,(H,17,18);2-7H,1H3,(H,13,14);4-9H,3H2,1-2H3/b6-5+;9-8+;3-2+;. The van der Waals surface area contributed by atoms with Crippen molar-refractivity contribution in [2.24, 2.45) is 10.8 Å². The Morgan fingerprint density at radius 1 is 0.603 bits per heavy atom. The van der Waals surface area contributed by atoms with Crippen molar-refractivity contribution < 1.29 is 58.1 Å². The summed E-state index contributed by atoms with van der Waals surface area (Å²) in [7, 11) is 2.81. The summed E-state index contributed by atoms with van der Waals surface area (Å²) >= 11 is 0. The molecule has 3 N–H and O–H groups in total. The fourth-order valence-electron chi connectivity index (χ4n) is 5.83. The number of rotatable bonds is 19. The number of aryl methyl sites for hydroxylation is 2. The lowest BCUT2D eigenvalue weighted by Crippen LogP contribution is -2.26. The van der Waals surface area contributed by atoms with Gasteiger partial charge in [-0.2, -0.15) is 0 Å². The Kier molecular flexibility index (Phi) is 26.9. The van der Waals surface area contributed by atoms with Gasteiger partial charge in [0, 0.05) is 18.2 Å². The monoisotopic (exact) mass is 933 g/mol. The number of amides is 1. The molecular weight excluding hydrogens is 867 g/mol. The number of aromatic carboxylic acids is 1. The predicted octanol–water partition coefficient (Wildman–Crippen LogP) is 10.3. The third kappa shape index (κ3) is 23.9. The van der Waals surface area contributed by atoms with Gasteiger partial charge in [0.2, 0.25) is 0 Å². The molecule has 0 spiro atoms. The lowest BCUT2D eigenvalue weighted by atomic mass is 9.86. The highest BCUT2D eigenvalue weighted by Gasteiger charge is 2.29. The van der Waals surface area contributed by atoms with E-state index in [1.165, 1.54) is 63.4 Å². The van der Waals surface area contributed by atoms with Crippen LogP contribution in [0, 0.1) is 10.8 Å². The van der Waals surface area contributed by atoms with E-state index in [-0.39, 0.29) is 35.2 Å². The SMILES string of the molecule is CC(=O)/C=C/c1ccc(C(=O)O)cc1.CCOC(C)c1ccc(C=O)cc1.COC(=O)C(C)(C)CCc1ccc(/C=C/C(=O)NO)cc1.COC(=O)C(C)(C)CCc1ccc(/C=C/C(C)=O)cc1. The van der Waals surface area contributed by atoms with Crippen molar-refractivity contribution in [2.75, 3.05) is 20.8 Å². The van der Waals surface area contributed by atoms with Crippen molar-refractivity contribution in [2.45, 2.75) is 87.2 Å². The van der Waals surface area contributed by atoms with E-state index in [0.717, 1.165) is 53.4 Å². The maximum Gasteiger partial charge on any atom is 0.335 e. The Balaban J connectivity index is 0.000000462.